The fraction of sp³-hybridized carbons (Fsp3) is 0.529. The van der Waals surface area contributed by atoms with E-state index in [4.69, 9.17) is 9.16 Å². The fourth-order valence-corrected chi connectivity index (χ4v) is 5.71. The van der Waals surface area contributed by atoms with Crippen LogP contribution in [-0.2, 0) is 11.8 Å². The lowest BCUT2D eigenvalue weighted by Gasteiger charge is -2.56. The van der Waals surface area contributed by atoms with Crippen LogP contribution in [0.2, 0.25) is 0 Å². The quantitative estimate of drug-likeness (QED) is 0.592. The molecule has 1 aromatic rings. The van der Waals surface area contributed by atoms with Gasteiger partial charge in [0.2, 0.25) is 10.5 Å². The van der Waals surface area contributed by atoms with Crippen molar-refractivity contribution in [3.05, 3.63) is 35.4 Å². The first-order chi connectivity index (χ1) is 10.7. The summed E-state index contributed by atoms with van der Waals surface area (Å²) >= 11 is 0. The van der Waals surface area contributed by atoms with E-state index in [0.717, 1.165) is 30.9 Å². The number of piperidine rings is 1. The maximum absolute atomic E-state index is 10.6. The van der Waals surface area contributed by atoms with Crippen molar-refractivity contribution in [2.45, 2.75) is 36.5 Å². The monoisotopic (exact) mass is 315 g/mol. The van der Waals surface area contributed by atoms with Gasteiger partial charge >= 0.3 is 0 Å². The second-order valence-corrected chi connectivity index (χ2v) is 7.52. The minimum Gasteiger partial charge on any atom is -0.551 e. The molecule has 5 atom stereocenters. The highest BCUT2D eigenvalue weighted by Crippen LogP contribution is 2.62. The van der Waals surface area contributed by atoms with Crippen LogP contribution in [0.15, 0.2) is 24.3 Å². The third kappa shape index (κ3) is 1.32. The van der Waals surface area contributed by atoms with Gasteiger partial charge in [0.1, 0.15) is 18.0 Å². The van der Waals surface area contributed by atoms with Crippen molar-refractivity contribution in [2.75, 3.05) is 13.6 Å². The van der Waals surface area contributed by atoms with Gasteiger partial charge in [0.05, 0.1) is 0 Å². The molecule has 0 amide bonds. The Morgan fingerprint density at radius 2 is 2.27 bits per heavy atom. The summed E-state index contributed by atoms with van der Waals surface area (Å²) in [5.41, 5.74) is 2.66. The molecular formula is C17H21NO3Si. The molecule has 0 saturated carbocycles. The first kappa shape index (κ1) is 13.2. The number of hydrogen-bond acceptors (Lipinski definition) is 4. The number of likely N-dealkylation sites (tertiary alicyclic amines) is 1. The van der Waals surface area contributed by atoms with E-state index in [1.807, 2.05) is 12.1 Å². The molecule has 2 aliphatic carbocycles. The molecule has 1 aromatic carbocycles. The highest BCUT2D eigenvalue weighted by molar-refractivity contribution is 6.00. The van der Waals surface area contributed by atoms with Gasteiger partial charge in [0.25, 0.3) is 0 Å². The summed E-state index contributed by atoms with van der Waals surface area (Å²) in [6, 6.07) is 4.77. The van der Waals surface area contributed by atoms with E-state index in [1.165, 1.54) is 11.1 Å². The lowest BCUT2D eigenvalue weighted by molar-refractivity contribution is -0.0452. The maximum Gasteiger partial charge on any atom is 0.204 e. The first-order valence-corrected chi connectivity index (χ1v) is 8.92. The van der Waals surface area contributed by atoms with E-state index in [2.05, 4.69) is 24.1 Å². The molecule has 0 radical (unpaired) electrons. The number of aliphatic hydroxyl groups is 1. The van der Waals surface area contributed by atoms with Gasteiger partial charge in [0, 0.05) is 22.9 Å². The van der Waals surface area contributed by atoms with Crippen LogP contribution in [0.4, 0.5) is 0 Å². The number of nitrogens with zero attached hydrogens (tertiary/aromatic N) is 1. The van der Waals surface area contributed by atoms with Crippen molar-refractivity contribution >= 4 is 10.5 Å². The second-order valence-electron chi connectivity index (χ2n) is 7.11. The van der Waals surface area contributed by atoms with E-state index in [0.29, 0.717) is 22.4 Å². The van der Waals surface area contributed by atoms with Gasteiger partial charge < -0.3 is 19.2 Å². The number of hydrogen-bond donors (Lipinski definition) is 1. The molecule has 0 aromatic heterocycles. The average Bonchev–Trinajstić information content (AvgIpc) is 2.88. The van der Waals surface area contributed by atoms with E-state index >= 15 is 0 Å². The van der Waals surface area contributed by atoms with Crippen LogP contribution < -0.4 is 9.16 Å². The smallest absolute Gasteiger partial charge is 0.204 e. The molecule has 22 heavy (non-hydrogen) atoms. The van der Waals surface area contributed by atoms with Crippen LogP contribution >= 0.6 is 0 Å². The van der Waals surface area contributed by atoms with Crippen molar-refractivity contribution in [2.24, 2.45) is 5.92 Å². The topological polar surface area (TPSA) is 41.9 Å². The van der Waals surface area contributed by atoms with Crippen LogP contribution in [-0.4, -0.2) is 52.3 Å². The Balaban J connectivity index is 1.82. The molecule has 4 aliphatic rings. The van der Waals surface area contributed by atoms with Gasteiger partial charge in [-0.2, -0.15) is 0 Å². The highest BCUT2D eigenvalue weighted by Gasteiger charge is 2.64. The Morgan fingerprint density at radius 1 is 1.41 bits per heavy atom. The highest BCUT2D eigenvalue weighted by atomic mass is 28.2. The summed E-state index contributed by atoms with van der Waals surface area (Å²) in [6.45, 7) is 1.06. The third-order valence-electron chi connectivity index (χ3n) is 6.35. The molecule has 2 heterocycles. The summed E-state index contributed by atoms with van der Waals surface area (Å²) in [4.78, 5) is 2.48. The predicted octanol–water partition coefficient (Wildman–Crippen LogP) is 0.152. The zero-order valence-electron chi connectivity index (χ0n) is 13.0. The van der Waals surface area contributed by atoms with Gasteiger partial charge in [-0.1, -0.05) is 18.2 Å². The lowest BCUT2D eigenvalue weighted by Crippen LogP contribution is -2.64. The molecule has 4 nitrogen and oxygen atoms in total. The number of rotatable bonds is 1. The van der Waals surface area contributed by atoms with Gasteiger partial charge in [-0.15, -0.1) is 0 Å². The molecule has 1 spiro atoms. The molecule has 0 unspecified atom stereocenters. The van der Waals surface area contributed by atoms with Crippen molar-refractivity contribution < 1.29 is 14.3 Å². The Hall–Kier alpha value is -1.30. The molecule has 116 valence electrons. The Labute approximate surface area is 133 Å². The third-order valence-corrected chi connectivity index (χ3v) is 6.79. The molecule has 1 saturated heterocycles. The van der Waals surface area contributed by atoms with Gasteiger partial charge in [-0.3, -0.25) is 0 Å². The molecule has 1 N–H and O–H groups in total. The first-order valence-electron chi connectivity index (χ1n) is 8.10. The van der Waals surface area contributed by atoms with Gasteiger partial charge in [0.15, 0.2) is 5.75 Å². The van der Waals surface area contributed by atoms with Crippen LogP contribution in [0.25, 0.3) is 0 Å². The SMILES string of the molecule is CN1CC[C@]23c4c5ccc(O[SiH3])c4O[C@H]2[C@@H](O)C=C[C@H]3[C@H]1C5. The van der Waals surface area contributed by atoms with E-state index in [9.17, 15) is 5.11 Å². The summed E-state index contributed by atoms with van der Waals surface area (Å²) < 4.78 is 12.0. The average molecular weight is 315 g/mol. The second kappa shape index (κ2) is 4.16. The van der Waals surface area contributed by atoms with Gasteiger partial charge in [-0.05, 0) is 38.1 Å². The van der Waals surface area contributed by atoms with Crippen LogP contribution in [0.5, 0.6) is 11.5 Å². The summed E-state index contributed by atoms with van der Waals surface area (Å²) in [5.74, 6) is 2.20. The Morgan fingerprint density at radius 3 is 3.09 bits per heavy atom. The molecule has 1 fully saturated rings. The molecule has 5 rings (SSSR count). The number of aliphatic hydroxyl groups excluding tert-OH is 1. The lowest BCUT2D eigenvalue weighted by atomic mass is 9.53. The summed E-state index contributed by atoms with van der Waals surface area (Å²) in [5, 5.41) is 10.6. The minimum atomic E-state index is -0.527. The number of ether oxygens (including phenoxy) is 1. The van der Waals surface area contributed by atoms with E-state index in [1.54, 1.807) is 0 Å². The molecule has 2 aliphatic heterocycles. The van der Waals surface area contributed by atoms with Crippen molar-refractivity contribution in [3.63, 3.8) is 0 Å². The molecule has 2 bridgehead atoms. The number of benzene rings is 1. The maximum atomic E-state index is 10.6. The van der Waals surface area contributed by atoms with Crippen LogP contribution in [0.1, 0.15) is 17.5 Å². The summed E-state index contributed by atoms with van der Waals surface area (Å²) in [7, 11) is 2.87. The zero-order chi connectivity index (χ0) is 15.1. The Kier molecular flexibility index (Phi) is 2.49. The predicted molar refractivity (Wildman–Crippen MR) is 86.5 cm³/mol. The van der Waals surface area contributed by atoms with Crippen molar-refractivity contribution in [1.82, 2.24) is 4.90 Å². The van der Waals surface area contributed by atoms with Crippen LogP contribution in [0, 0.1) is 5.92 Å². The van der Waals surface area contributed by atoms with E-state index < -0.39 is 6.10 Å². The van der Waals surface area contributed by atoms with Crippen LogP contribution in [0.3, 0.4) is 0 Å². The summed E-state index contributed by atoms with van der Waals surface area (Å²) in [6.07, 6.45) is 5.60. The van der Waals surface area contributed by atoms with E-state index in [-0.39, 0.29) is 11.5 Å². The van der Waals surface area contributed by atoms with Gasteiger partial charge in [-0.25, -0.2) is 0 Å². The van der Waals surface area contributed by atoms with Crippen molar-refractivity contribution in [1.29, 1.82) is 0 Å². The molecular weight excluding hydrogens is 294 g/mol. The molecule has 5 heteroatoms. The standard InChI is InChI=1S/C17H21NO3Si/c1-18-7-6-17-10-3-4-12(19)16(17)20-15-13(21-22)5-2-9(14(15)17)8-11(10)18/h2-5,10-12,16,19H,6-8H2,1,22H3/t10-,11+,12-,16-,17-/m0/s1. The largest absolute Gasteiger partial charge is 0.551 e. The minimum absolute atomic E-state index is 0.0651. The zero-order valence-corrected chi connectivity index (χ0v) is 15.0. The Bertz CT molecular complexity index is 691. The fourth-order valence-electron chi connectivity index (χ4n) is 5.39. The number of likely N-dealkylation sites (N-methyl/N-ethyl adjacent to an activating group) is 1. The van der Waals surface area contributed by atoms with Crippen molar-refractivity contribution in [3.8, 4) is 11.5 Å². The normalized spacial score (nSPS) is 41.2.